The molecular formula is C13H12O8. The Morgan fingerprint density at radius 1 is 0.905 bits per heavy atom. The summed E-state index contributed by atoms with van der Waals surface area (Å²) in [6.07, 6.45) is 0. The molecule has 0 spiro atoms. The molecule has 1 aromatic rings. The lowest BCUT2D eigenvalue weighted by Crippen LogP contribution is -2.18. The minimum absolute atomic E-state index is 0.00251. The summed E-state index contributed by atoms with van der Waals surface area (Å²) < 4.78 is 9.16. The van der Waals surface area contributed by atoms with Gasteiger partial charge in [0.2, 0.25) is 0 Å². The fourth-order valence-corrected chi connectivity index (χ4v) is 1.61. The van der Waals surface area contributed by atoms with E-state index in [2.05, 4.69) is 4.74 Å². The Bertz CT molecular complexity index is 617. The van der Waals surface area contributed by atoms with Crippen LogP contribution in [0.5, 0.6) is 0 Å². The molecular weight excluding hydrogens is 284 g/mol. The molecule has 0 amide bonds. The van der Waals surface area contributed by atoms with Crippen molar-refractivity contribution in [2.75, 3.05) is 13.7 Å². The predicted octanol–water partition coefficient (Wildman–Crippen LogP) is 1.05. The number of carboxylic acid groups (broad SMARTS) is 2. The van der Waals surface area contributed by atoms with E-state index in [9.17, 15) is 19.2 Å². The maximum absolute atomic E-state index is 11.8. The number of hydrogen-bond acceptors (Lipinski definition) is 6. The van der Waals surface area contributed by atoms with Gasteiger partial charge in [0.1, 0.15) is 0 Å². The van der Waals surface area contributed by atoms with Crippen LogP contribution in [0.4, 0.5) is 0 Å². The van der Waals surface area contributed by atoms with Gasteiger partial charge in [0, 0.05) is 0 Å². The van der Waals surface area contributed by atoms with E-state index in [1.54, 1.807) is 0 Å². The van der Waals surface area contributed by atoms with Crippen molar-refractivity contribution in [3.05, 3.63) is 34.4 Å². The molecule has 0 bridgehead atoms. The molecule has 0 unspecified atom stereocenters. The Kier molecular flexibility index (Phi) is 5.01. The van der Waals surface area contributed by atoms with Crippen LogP contribution in [0.2, 0.25) is 0 Å². The molecule has 112 valence electrons. The number of carbonyl (C=O) groups is 4. The molecule has 1 rings (SSSR count). The van der Waals surface area contributed by atoms with Crippen molar-refractivity contribution in [3.8, 4) is 0 Å². The van der Waals surface area contributed by atoms with E-state index in [1.165, 1.54) is 6.92 Å². The quantitative estimate of drug-likeness (QED) is 0.771. The molecule has 0 saturated heterocycles. The van der Waals surface area contributed by atoms with Gasteiger partial charge in [-0.3, -0.25) is 0 Å². The van der Waals surface area contributed by atoms with Gasteiger partial charge in [0.05, 0.1) is 36.0 Å². The van der Waals surface area contributed by atoms with Gasteiger partial charge in [-0.1, -0.05) is 0 Å². The second-order valence-corrected chi connectivity index (χ2v) is 3.77. The van der Waals surface area contributed by atoms with E-state index >= 15 is 0 Å². The number of hydrogen-bond donors (Lipinski definition) is 2. The monoisotopic (exact) mass is 296 g/mol. The maximum atomic E-state index is 11.8. The summed E-state index contributed by atoms with van der Waals surface area (Å²) in [5.41, 5.74) is -2.00. The fraction of sp³-hybridized carbons (Fsp3) is 0.231. The standard InChI is InChI=1S/C13H12O8/c1-3-21-13(19)9-5-7(11(16)17)6(10(14)15)4-8(9)12(18)20-2/h4-5H,3H2,1-2H3,(H,14,15)(H,16,17). The minimum Gasteiger partial charge on any atom is -0.478 e. The first-order chi connectivity index (χ1) is 9.83. The topological polar surface area (TPSA) is 127 Å². The molecule has 0 aliphatic rings. The van der Waals surface area contributed by atoms with Crippen molar-refractivity contribution in [1.29, 1.82) is 0 Å². The first-order valence-corrected chi connectivity index (χ1v) is 5.73. The van der Waals surface area contributed by atoms with Gasteiger partial charge in [-0.05, 0) is 19.1 Å². The number of rotatable bonds is 5. The van der Waals surface area contributed by atoms with Gasteiger partial charge in [-0.25, -0.2) is 19.2 Å². The van der Waals surface area contributed by atoms with Gasteiger partial charge in [-0.2, -0.15) is 0 Å². The van der Waals surface area contributed by atoms with Crippen molar-refractivity contribution in [3.63, 3.8) is 0 Å². The van der Waals surface area contributed by atoms with E-state index in [-0.39, 0.29) is 17.7 Å². The molecule has 0 aromatic heterocycles. The van der Waals surface area contributed by atoms with Crippen LogP contribution in [0.3, 0.4) is 0 Å². The van der Waals surface area contributed by atoms with Crippen LogP contribution in [-0.2, 0) is 9.47 Å². The third kappa shape index (κ3) is 3.35. The number of esters is 2. The second-order valence-electron chi connectivity index (χ2n) is 3.77. The largest absolute Gasteiger partial charge is 0.478 e. The molecule has 0 fully saturated rings. The van der Waals surface area contributed by atoms with E-state index < -0.39 is 35.0 Å². The maximum Gasteiger partial charge on any atom is 0.339 e. The van der Waals surface area contributed by atoms with Crippen molar-refractivity contribution in [2.24, 2.45) is 0 Å². The van der Waals surface area contributed by atoms with Gasteiger partial charge < -0.3 is 19.7 Å². The number of ether oxygens (including phenoxy) is 2. The lowest BCUT2D eigenvalue weighted by molar-refractivity contribution is 0.0502. The second kappa shape index (κ2) is 6.51. The van der Waals surface area contributed by atoms with Gasteiger partial charge >= 0.3 is 23.9 Å². The molecule has 2 N–H and O–H groups in total. The van der Waals surface area contributed by atoms with Crippen LogP contribution in [0, 0.1) is 0 Å². The summed E-state index contributed by atoms with van der Waals surface area (Å²) >= 11 is 0. The molecule has 0 heterocycles. The van der Waals surface area contributed by atoms with Crippen molar-refractivity contribution < 1.29 is 38.9 Å². The Hall–Kier alpha value is -2.90. The number of carbonyl (C=O) groups excluding carboxylic acids is 2. The highest BCUT2D eigenvalue weighted by Crippen LogP contribution is 2.20. The van der Waals surface area contributed by atoms with Crippen LogP contribution in [0.25, 0.3) is 0 Å². The Labute approximate surface area is 118 Å². The van der Waals surface area contributed by atoms with E-state index in [1.807, 2.05) is 0 Å². The number of methoxy groups -OCH3 is 1. The number of aromatic carboxylic acids is 2. The van der Waals surface area contributed by atoms with Crippen LogP contribution in [-0.4, -0.2) is 47.8 Å². The van der Waals surface area contributed by atoms with Crippen LogP contribution < -0.4 is 0 Å². The third-order valence-corrected chi connectivity index (χ3v) is 2.52. The predicted molar refractivity (Wildman–Crippen MR) is 67.7 cm³/mol. The molecule has 0 atom stereocenters. The average Bonchev–Trinajstić information content (AvgIpc) is 2.44. The zero-order valence-corrected chi connectivity index (χ0v) is 11.2. The number of benzene rings is 1. The summed E-state index contributed by atoms with van der Waals surface area (Å²) in [6, 6.07) is 1.57. The van der Waals surface area contributed by atoms with E-state index in [4.69, 9.17) is 14.9 Å². The summed E-state index contributed by atoms with van der Waals surface area (Å²) in [4.78, 5) is 45.5. The van der Waals surface area contributed by atoms with Crippen LogP contribution in [0.15, 0.2) is 12.1 Å². The molecule has 21 heavy (non-hydrogen) atoms. The summed E-state index contributed by atoms with van der Waals surface area (Å²) in [5.74, 6) is -5.02. The van der Waals surface area contributed by atoms with Gasteiger partial charge in [-0.15, -0.1) is 0 Å². The molecule has 0 saturated carbocycles. The highest BCUT2D eigenvalue weighted by molar-refractivity contribution is 6.09. The zero-order valence-electron chi connectivity index (χ0n) is 11.2. The van der Waals surface area contributed by atoms with E-state index in [0.717, 1.165) is 19.2 Å². The molecule has 8 nitrogen and oxygen atoms in total. The molecule has 0 radical (unpaired) electrons. The minimum atomic E-state index is -1.55. The summed E-state index contributed by atoms with van der Waals surface area (Å²) in [7, 11) is 1.04. The normalized spacial score (nSPS) is 9.81. The van der Waals surface area contributed by atoms with Crippen LogP contribution >= 0.6 is 0 Å². The fourth-order valence-electron chi connectivity index (χ4n) is 1.61. The Morgan fingerprint density at radius 3 is 1.67 bits per heavy atom. The SMILES string of the molecule is CCOC(=O)c1cc(C(=O)O)c(C(=O)O)cc1C(=O)OC. The zero-order chi connectivity index (χ0) is 16.2. The summed E-state index contributed by atoms with van der Waals surface area (Å²) in [5, 5.41) is 18.0. The Balaban J connectivity index is 3.63. The van der Waals surface area contributed by atoms with Crippen molar-refractivity contribution in [1.82, 2.24) is 0 Å². The third-order valence-electron chi connectivity index (χ3n) is 2.52. The smallest absolute Gasteiger partial charge is 0.339 e. The van der Waals surface area contributed by atoms with E-state index in [0.29, 0.717) is 0 Å². The highest BCUT2D eigenvalue weighted by atomic mass is 16.5. The molecule has 8 heteroatoms. The lowest BCUT2D eigenvalue weighted by Gasteiger charge is -2.10. The molecule has 1 aromatic carbocycles. The van der Waals surface area contributed by atoms with Crippen molar-refractivity contribution >= 4 is 23.9 Å². The van der Waals surface area contributed by atoms with Crippen LogP contribution in [0.1, 0.15) is 48.4 Å². The average molecular weight is 296 g/mol. The first kappa shape index (κ1) is 16.2. The molecule has 0 aliphatic carbocycles. The lowest BCUT2D eigenvalue weighted by atomic mass is 9.98. The van der Waals surface area contributed by atoms with Gasteiger partial charge in [0.15, 0.2) is 0 Å². The van der Waals surface area contributed by atoms with Gasteiger partial charge in [0.25, 0.3) is 0 Å². The summed E-state index contributed by atoms with van der Waals surface area (Å²) in [6.45, 7) is 1.53. The highest BCUT2D eigenvalue weighted by Gasteiger charge is 2.26. The Morgan fingerprint density at radius 2 is 1.33 bits per heavy atom. The molecule has 0 aliphatic heterocycles. The first-order valence-electron chi connectivity index (χ1n) is 5.73. The number of carboxylic acids is 2. The van der Waals surface area contributed by atoms with Crippen molar-refractivity contribution in [2.45, 2.75) is 6.92 Å².